The van der Waals surface area contributed by atoms with Gasteiger partial charge in [-0.15, -0.1) is 0 Å². The van der Waals surface area contributed by atoms with E-state index in [1.165, 1.54) is 18.3 Å². The molecule has 0 saturated carbocycles. The lowest BCUT2D eigenvalue weighted by Gasteiger charge is -2.09. The van der Waals surface area contributed by atoms with E-state index in [0.29, 0.717) is 11.8 Å². The van der Waals surface area contributed by atoms with Crippen LogP contribution in [-0.4, -0.2) is 31.5 Å². The summed E-state index contributed by atoms with van der Waals surface area (Å²) in [5.41, 5.74) is 0.199. The Morgan fingerprint density at radius 1 is 1.56 bits per heavy atom. The molecule has 1 N–H and O–H groups in total. The lowest BCUT2D eigenvalue weighted by Crippen LogP contribution is -2.26. The Kier molecular flexibility index (Phi) is 5.59. The first-order chi connectivity index (χ1) is 8.49. The van der Waals surface area contributed by atoms with E-state index < -0.39 is 10.0 Å². The van der Waals surface area contributed by atoms with Crippen LogP contribution in [0.1, 0.15) is 19.0 Å². The average molecular weight is 285 g/mol. The fourth-order valence-corrected chi connectivity index (χ4v) is 2.55. The lowest BCUT2D eigenvalue weighted by molar-refractivity contribution is 0.578. The number of aromatic nitrogens is 1. The van der Waals surface area contributed by atoms with Crippen molar-refractivity contribution in [3.05, 3.63) is 24.0 Å². The van der Waals surface area contributed by atoms with Crippen LogP contribution in [0.5, 0.6) is 0 Å². The van der Waals surface area contributed by atoms with Crippen molar-refractivity contribution < 1.29 is 8.42 Å². The molecule has 0 radical (unpaired) electrons. The quantitative estimate of drug-likeness (QED) is 0.853. The molecule has 0 amide bonds. The molecule has 0 bridgehead atoms. The van der Waals surface area contributed by atoms with Crippen LogP contribution in [0, 0.1) is 11.3 Å². The van der Waals surface area contributed by atoms with Gasteiger partial charge in [0.25, 0.3) is 0 Å². The van der Waals surface area contributed by atoms with Gasteiger partial charge in [-0.3, -0.25) is 0 Å². The summed E-state index contributed by atoms with van der Waals surface area (Å²) >= 11 is 1.69. The number of nitrogens with one attached hydrogen (secondary N) is 1. The summed E-state index contributed by atoms with van der Waals surface area (Å²) in [4.78, 5) is 3.82. The number of hydrogen-bond acceptors (Lipinski definition) is 5. The van der Waals surface area contributed by atoms with Crippen LogP contribution in [-0.2, 0) is 10.0 Å². The number of nitriles is 1. The second kappa shape index (κ2) is 6.73. The van der Waals surface area contributed by atoms with Crippen molar-refractivity contribution in [3.63, 3.8) is 0 Å². The van der Waals surface area contributed by atoms with Gasteiger partial charge in [-0.1, -0.05) is 6.92 Å². The largest absolute Gasteiger partial charge is 0.244 e. The van der Waals surface area contributed by atoms with Crippen LogP contribution in [0.3, 0.4) is 0 Å². The Labute approximate surface area is 112 Å². The molecule has 0 aromatic carbocycles. The van der Waals surface area contributed by atoms with Crippen molar-refractivity contribution in [3.8, 4) is 6.07 Å². The Morgan fingerprint density at radius 2 is 2.28 bits per heavy atom. The predicted molar refractivity (Wildman–Crippen MR) is 71.7 cm³/mol. The standard InChI is InChI=1S/C11H15N3O2S2/c1-9(17-2)5-6-14-18(15,16)11-4-3-10(7-12)13-8-11/h3-4,8-9,14H,5-6H2,1-2H3. The van der Waals surface area contributed by atoms with Gasteiger partial charge in [0.2, 0.25) is 10.0 Å². The van der Waals surface area contributed by atoms with E-state index in [9.17, 15) is 8.42 Å². The zero-order valence-electron chi connectivity index (χ0n) is 10.3. The summed E-state index contributed by atoms with van der Waals surface area (Å²) in [6.45, 7) is 2.44. The predicted octanol–water partition coefficient (Wildman–Crippen LogP) is 1.37. The molecule has 0 aliphatic carbocycles. The number of pyridine rings is 1. The molecule has 7 heteroatoms. The molecule has 1 atom stereocenters. The third-order valence-electron chi connectivity index (χ3n) is 2.41. The summed E-state index contributed by atoms with van der Waals surface area (Å²) < 4.78 is 26.2. The van der Waals surface area contributed by atoms with Crippen LogP contribution in [0.4, 0.5) is 0 Å². The normalized spacial score (nSPS) is 12.9. The van der Waals surface area contributed by atoms with Crippen LogP contribution in [0.25, 0.3) is 0 Å². The van der Waals surface area contributed by atoms with E-state index in [1.807, 2.05) is 19.2 Å². The molecule has 1 rings (SSSR count). The molecule has 1 heterocycles. The van der Waals surface area contributed by atoms with Gasteiger partial charge in [0.15, 0.2) is 0 Å². The summed E-state index contributed by atoms with van der Waals surface area (Å²) in [7, 11) is -3.52. The van der Waals surface area contributed by atoms with Crippen LogP contribution < -0.4 is 4.72 Å². The summed E-state index contributed by atoms with van der Waals surface area (Å²) in [5.74, 6) is 0. The van der Waals surface area contributed by atoms with Gasteiger partial charge in [-0.2, -0.15) is 17.0 Å². The van der Waals surface area contributed by atoms with E-state index in [0.717, 1.165) is 6.42 Å². The van der Waals surface area contributed by atoms with E-state index in [4.69, 9.17) is 5.26 Å². The molecule has 1 aromatic rings. The molecular weight excluding hydrogens is 270 g/mol. The van der Waals surface area contributed by atoms with E-state index >= 15 is 0 Å². The van der Waals surface area contributed by atoms with Gasteiger partial charge in [0.1, 0.15) is 16.7 Å². The Bertz CT molecular complexity index is 520. The Morgan fingerprint density at radius 3 is 2.78 bits per heavy atom. The van der Waals surface area contributed by atoms with E-state index in [-0.39, 0.29) is 10.6 Å². The van der Waals surface area contributed by atoms with Crippen molar-refractivity contribution in [2.75, 3.05) is 12.8 Å². The number of sulfonamides is 1. The van der Waals surface area contributed by atoms with E-state index in [1.54, 1.807) is 11.8 Å². The maximum absolute atomic E-state index is 11.9. The fourth-order valence-electron chi connectivity index (χ4n) is 1.20. The minimum absolute atomic E-state index is 0.0818. The van der Waals surface area contributed by atoms with Crippen molar-refractivity contribution in [2.45, 2.75) is 23.5 Å². The Balaban J connectivity index is 2.66. The molecule has 1 unspecified atom stereocenters. The molecule has 98 valence electrons. The van der Waals surface area contributed by atoms with Gasteiger partial charge < -0.3 is 0 Å². The monoisotopic (exact) mass is 285 g/mol. The highest BCUT2D eigenvalue weighted by molar-refractivity contribution is 7.99. The summed E-state index contributed by atoms with van der Waals surface area (Å²) in [6.07, 6.45) is 3.95. The number of thioether (sulfide) groups is 1. The maximum atomic E-state index is 11.9. The fraction of sp³-hybridized carbons (Fsp3) is 0.455. The van der Waals surface area contributed by atoms with Gasteiger partial charge in [-0.25, -0.2) is 18.1 Å². The van der Waals surface area contributed by atoms with Gasteiger partial charge >= 0.3 is 0 Å². The summed E-state index contributed by atoms with van der Waals surface area (Å²) in [6, 6.07) is 4.61. The zero-order valence-corrected chi connectivity index (χ0v) is 11.9. The van der Waals surface area contributed by atoms with Crippen molar-refractivity contribution in [1.29, 1.82) is 5.26 Å². The minimum atomic E-state index is -3.52. The molecule has 0 spiro atoms. The minimum Gasteiger partial charge on any atom is -0.244 e. The van der Waals surface area contributed by atoms with Crippen LogP contribution >= 0.6 is 11.8 Å². The second-order valence-electron chi connectivity index (χ2n) is 3.72. The van der Waals surface area contributed by atoms with Gasteiger partial charge in [0, 0.05) is 18.0 Å². The summed E-state index contributed by atoms with van der Waals surface area (Å²) in [5, 5.41) is 8.99. The molecule has 0 aliphatic rings. The lowest BCUT2D eigenvalue weighted by atomic mass is 10.3. The topological polar surface area (TPSA) is 82.9 Å². The van der Waals surface area contributed by atoms with Crippen LogP contribution in [0.2, 0.25) is 0 Å². The third kappa shape index (κ3) is 4.29. The van der Waals surface area contributed by atoms with Gasteiger partial charge in [0.05, 0.1) is 0 Å². The molecule has 0 aliphatic heterocycles. The number of nitrogens with zero attached hydrogens (tertiary/aromatic N) is 2. The maximum Gasteiger partial charge on any atom is 0.242 e. The molecular formula is C11H15N3O2S2. The SMILES string of the molecule is CSC(C)CCNS(=O)(=O)c1ccc(C#N)nc1. The molecule has 0 fully saturated rings. The molecule has 5 nitrogen and oxygen atoms in total. The van der Waals surface area contributed by atoms with Crippen molar-refractivity contribution >= 4 is 21.8 Å². The molecule has 0 saturated heterocycles. The third-order valence-corrected chi connectivity index (χ3v) is 4.89. The first-order valence-electron chi connectivity index (χ1n) is 5.38. The Hall–Kier alpha value is -1.10. The smallest absolute Gasteiger partial charge is 0.242 e. The van der Waals surface area contributed by atoms with Crippen LogP contribution in [0.15, 0.2) is 23.2 Å². The average Bonchev–Trinajstić information content (AvgIpc) is 2.38. The van der Waals surface area contributed by atoms with Crippen molar-refractivity contribution in [1.82, 2.24) is 9.71 Å². The highest BCUT2D eigenvalue weighted by Gasteiger charge is 2.14. The molecule has 18 heavy (non-hydrogen) atoms. The highest BCUT2D eigenvalue weighted by Crippen LogP contribution is 2.10. The first kappa shape index (κ1) is 15.0. The zero-order chi connectivity index (χ0) is 13.6. The number of hydrogen-bond donors (Lipinski definition) is 1. The van der Waals surface area contributed by atoms with Gasteiger partial charge in [-0.05, 0) is 24.8 Å². The molecule has 1 aromatic heterocycles. The first-order valence-corrected chi connectivity index (χ1v) is 8.15. The second-order valence-corrected chi connectivity index (χ2v) is 6.77. The van der Waals surface area contributed by atoms with E-state index in [2.05, 4.69) is 9.71 Å². The van der Waals surface area contributed by atoms with Crippen molar-refractivity contribution in [2.24, 2.45) is 0 Å². The number of rotatable bonds is 6. The highest BCUT2D eigenvalue weighted by atomic mass is 32.2.